The topological polar surface area (TPSA) is 66.3 Å². The fourth-order valence-corrected chi connectivity index (χ4v) is 2.91. The molecule has 104 valence electrons. The largest absolute Gasteiger partial charge is 0.481 e. The van der Waals surface area contributed by atoms with Crippen LogP contribution in [-0.2, 0) is 4.79 Å². The van der Waals surface area contributed by atoms with Gasteiger partial charge in [0.1, 0.15) is 12.1 Å². The van der Waals surface area contributed by atoms with E-state index in [0.717, 1.165) is 42.5 Å². The van der Waals surface area contributed by atoms with Gasteiger partial charge < -0.3 is 10.0 Å². The molecule has 1 fully saturated rings. The molecule has 1 atom stereocenters. The maximum atomic E-state index is 11.0. The lowest BCUT2D eigenvalue weighted by molar-refractivity contribution is -0.137. The Bertz CT molecular complexity index is 624. The van der Waals surface area contributed by atoms with Gasteiger partial charge in [-0.1, -0.05) is 12.1 Å². The zero-order valence-electron chi connectivity index (χ0n) is 11.2. The number of hydrogen-bond acceptors (Lipinski definition) is 4. The van der Waals surface area contributed by atoms with Crippen LogP contribution in [0.1, 0.15) is 25.7 Å². The molecular formula is C15H17N3O2. The number of hydrogen-bond donors (Lipinski definition) is 1. The average Bonchev–Trinajstić information content (AvgIpc) is 2.47. The van der Waals surface area contributed by atoms with Crippen LogP contribution in [0.2, 0.25) is 0 Å². The first-order chi connectivity index (χ1) is 9.75. The summed E-state index contributed by atoms with van der Waals surface area (Å²) in [4.78, 5) is 21.9. The third-order valence-electron chi connectivity index (χ3n) is 3.83. The summed E-state index contributed by atoms with van der Waals surface area (Å²) in [5.74, 6) is 0.113. The van der Waals surface area contributed by atoms with Gasteiger partial charge in [-0.3, -0.25) is 4.79 Å². The normalized spacial score (nSPS) is 19.2. The Morgan fingerprint density at radius 1 is 1.30 bits per heavy atom. The SMILES string of the molecule is O=C(O)CC1CCCCN1c1ncnc2ccccc12. The number of nitrogens with zero attached hydrogens (tertiary/aromatic N) is 3. The number of piperidine rings is 1. The Balaban J connectivity index is 2.01. The molecule has 1 aromatic heterocycles. The zero-order chi connectivity index (χ0) is 13.9. The third kappa shape index (κ3) is 2.43. The lowest BCUT2D eigenvalue weighted by Gasteiger charge is -2.36. The molecule has 0 spiro atoms. The molecular weight excluding hydrogens is 254 g/mol. The fraction of sp³-hybridized carbons (Fsp3) is 0.400. The van der Waals surface area contributed by atoms with Crippen LogP contribution >= 0.6 is 0 Å². The molecule has 1 aliphatic rings. The second-order valence-electron chi connectivity index (χ2n) is 5.16. The summed E-state index contributed by atoms with van der Waals surface area (Å²) in [7, 11) is 0. The van der Waals surface area contributed by atoms with Gasteiger partial charge in [0.2, 0.25) is 0 Å². The van der Waals surface area contributed by atoms with Crippen molar-refractivity contribution in [2.45, 2.75) is 31.7 Å². The summed E-state index contributed by atoms with van der Waals surface area (Å²) in [6.07, 6.45) is 4.79. The smallest absolute Gasteiger partial charge is 0.305 e. The monoisotopic (exact) mass is 271 g/mol. The van der Waals surface area contributed by atoms with E-state index in [-0.39, 0.29) is 12.5 Å². The van der Waals surface area contributed by atoms with Gasteiger partial charge in [-0.2, -0.15) is 0 Å². The van der Waals surface area contributed by atoms with Crippen LogP contribution in [0.25, 0.3) is 10.9 Å². The number of carboxylic acid groups (broad SMARTS) is 1. The van der Waals surface area contributed by atoms with E-state index in [1.54, 1.807) is 6.33 Å². The highest BCUT2D eigenvalue weighted by Gasteiger charge is 2.26. The number of benzene rings is 1. The van der Waals surface area contributed by atoms with Crippen LogP contribution < -0.4 is 4.90 Å². The van der Waals surface area contributed by atoms with Crippen molar-refractivity contribution in [3.63, 3.8) is 0 Å². The second kappa shape index (κ2) is 5.45. The lowest BCUT2D eigenvalue weighted by Crippen LogP contribution is -2.41. The van der Waals surface area contributed by atoms with Gasteiger partial charge in [-0.15, -0.1) is 0 Å². The van der Waals surface area contributed by atoms with Crippen LogP contribution in [0.5, 0.6) is 0 Å². The lowest BCUT2D eigenvalue weighted by atomic mass is 9.99. The minimum Gasteiger partial charge on any atom is -0.481 e. The molecule has 1 aromatic carbocycles. The first kappa shape index (κ1) is 12.8. The van der Waals surface area contributed by atoms with Crippen molar-refractivity contribution in [3.8, 4) is 0 Å². The van der Waals surface area contributed by atoms with Crippen molar-refractivity contribution in [3.05, 3.63) is 30.6 Å². The van der Waals surface area contributed by atoms with Gasteiger partial charge in [0, 0.05) is 18.0 Å². The standard InChI is InChI=1S/C15H17N3O2/c19-14(20)9-11-5-3-4-8-18(11)15-12-6-1-2-7-13(12)16-10-17-15/h1-2,6-7,10-11H,3-5,8-9H2,(H,19,20). The van der Waals surface area contributed by atoms with Crippen molar-refractivity contribution >= 4 is 22.7 Å². The number of aliphatic carboxylic acids is 1. The Labute approximate surface area is 117 Å². The molecule has 0 radical (unpaired) electrons. The molecule has 2 aromatic rings. The third-order valence-corrected chi connectivity index (χ3v) is 3.83. The average molecular weight is 271 g/mol. The number of carboxylic acids is 1. The zero-order valence-corrected chi connectivity index (χ0v) is 11.2. The molecule has 5 heteroatoms. The summed E-state index contributed by atoms with van der Waals surface area (Å²) in [5, 5.41) is 10.1. The molecule has 2 heterocycles. The molecule has 0 aliphatic carbocycles. The predicted octanol–water partition coefficient (Wildman–Crippen LogP) is 2.46. The van der Waals surface area contributed by atoms with Crippen LogP contribution in [0.4, 0.5) is 5.82 Å². The molecule has 0 amide bonds. The minimum atomic E-state index is -0.750. The van der Waals surface area contributed by atoms with Gasteiger partial charge in [-0.05, 0) is 31.4 Å². The second-order valence-corrected chi connectivity index (χ2v) is 5.16. The minimum absolute atomic E-state index is 0.0274. The van der Waals surface area contributed by atoms with Crippen molar-refractivity contribution in [1.82, 2.24) is 9.97 Å². The highest BCUT2D eigenvalue weighted by Crippen LogP contribution is 2.29. The van der Waals surface area contributed by atoms with E-state index in [2.05, 4.69) is 14.9 Å². The van der Waals surface area contributed by atoms with Crippen molar-refractivity contribution < 1.29 is 9.90 Å². The summed E-state index contributed by atoms with van der Waals surface area (Å²) in [6.45, 7) is 0.860. The van der Waals surface area contributed by atoms with E-state index in [0.29, 0.717) is 0 Å². The number of aromatic nitrogens is 2. The molecule has 20 heavy (non-hydrogen) atoms. The number of fused-ring (bicyclic) bond motifs is 1. The summed E-state index contributed by atoms with van der Waals surface area (Å²) < 4.78 is 0. The Hall–Kier alpha value is -2.17. The molecule has 0 saturated carbocycles. The molecule has 5 nitrogen and oxygen atoms in total. The maximum Gasteiger partial charge on any atom is 0.305 e. The molecule has 1 aliphatic heterocycles. The highest BCUT2D eigenvalue weighted by atomic mass is 16.4. The number of rotatable bonds is 3. The van der Waals surface area contributed by atoms with Gasteiger partial charge in [0.05, 0.1) is 11.9 Å². The highest BCUT2D eigenvalue weighted by molar-refractivity contribution is 5.89. The van der Waals surface area contributed by atoms with Crippen molar-refractivity contribution in [1.29, 1.82) is 0 Å². The van der Waals surface area contributed by atoms with Crippen molar-refractivity contribution in [2.24, 2.45) is 0 Å². The van der Waals surface area contributed by atoms with Gasteiger partial charge in [0.25, 0.3) is 0 Å². The quantitative estimate of drug-likeness (QED) is 0.928. The van der Waals surface area contributed by atoms with E-state index < -0.39 is 5.97 Å². The number of anilines is 1. The Kier molecular flexibility index (Phi) is 3.50. The van der Waals surface area contributed by atoms with Crippen LogP contribution in [0.15, 0.2) is 30.6 Å². The van der Waals surface area contributed by atoms with E-state index in [1.165, 1.54) is 0 Å². The molecule has 1 unspecified atom stereocenters. The Morgan fingerprint density at radius 3 is 3.00 bits per heavy atom. The van der Waals surface area contributed by atoms with Crippen LogP contribution in [-0.4, -0.2) is 33.6 Å². The van der Waals surface area contributed by atoms with Gasteiger partial charge >= 0.3 is 5.97 Å². The summed E-state index contributed by atoms with van der Waals surface area (Å²) in [6, 6.07) is 7.89. The van der Waals surface area contributed by atoms with Gasteiger partial charge in [0.15, 0.2) is 0 Å². The summed E-state index contributed by atoms with van der Waals surface area (Å²) >= 11 is 0. The van der Waals surface area contributed by atoms with E-state index in [4.69, 9.17) is 5.11 Å². The van der Waals surface area contributed by atoms with E-state index >= 15 is 0 Å². The molecule has 1 saturated heterocycles. The van der Waals surface area contributed by atoms with Gasteiger partial charge in [-0.25, -0.2) is 9.97 Å². The molecule has 3 rings (SSSR count). The predicted molar refractivity (Wildman–Crippen MR) is 76.8 cm³/mol. The first-order valence-corrected chi connectivity index (χ1v) is 6.94. The van der Waals surface area contributed by atoms with Crippen LogP contribution in [0, 0.1) is 0 Å². The van der Waals surface area contributed by atoms with E-state index in [1.807, 2.05) is 24.3 Å². The van der Waals surface area contributed by atoms with E-state index in [9.17, 15) is 4.79 Å². The van der Waals surface area contributed by atoms with Crippen LogP contribution in [0.3, 0.4) is 0 Å². The van der Waals surface area contributed by atoms with Crippen molar-refractivity contribution in [2.75, 3.05) is 11.4 Å². The Morgan fingerprint density at radius 2 is 2.15 bits per heavy atom. The number of para-hydroxylation sites is 1. The molecule has 0 bridgehead atoms. The fourth-order valence-electron chi connectivity index (χ4n) is 2.91. The first-order valence-electron chi connectivity index (χ1n) is 6.94. The summed E-state index contributed by atoms with van der Waals surface area (Å²) in [5.41, 5.74) is 0.900. The molecule has 1 N–H and O–H groups in total. The maximum absolute atomic E-state index is 11.0. The number of carbonyl (C=O) groups is 1.